The monoisotopic (exact) mass is 220 g/mol. The summed E-state index contributed by atoms with van der Waals surface area (Å²) in [5.41, 5.74) is 1.05. The Hall–Kier alpha value is -1.16. The van der Waals surface area contributed by atoms with Crippen LogP contribution in [0.5, 0.6) is 0 Å². The van der Waals surface area contributed by atoms with E-state index in [0.717, 1.165) is 37.2 Å². The Balaban J connectivity index is 1.93. The van der Waals surface area contributed by atoms with Gasteiger partial charge in [-0.15, -0.1) is 0 Å². The van der Waals surface area contributed by atoms with Crippen LogP contribution in [0.15, 0.2) is 12.3 Å². The van der Waals surface area contributed by atoms with E-state index in [0.29, 0.717) is 0 Å². The number of hydrogen-bond donors (Lipinski definition) is 1. The standard InChI is InChI=1S/C12H20N4/c1-10-3-7-14-12(15-10)16-8-5-11(9-16)4-6-13-2/h3,7,11,13H,4-6,8-9H2,1-2H3/t11-/m0/s1. The van der Waals surface area contributed by atoms with Gasteiger partial charge in [0.15, 0.2) is 0 Å². The van der Waals surface area contributed by atoms with E-state index in [9.17, 15) is 0 Å². The molecule has 2 rings (SSSR count). The maximum atomic E-state index is 4.47. The number of nitrogens with one attached hydrogen (secondary N) is 1. The average Bonchev–Trinajstić information content (AvgIpc) is 2.75. The molecule has 0 unspecified atom stereocenters. The molecule has 16 heavy (non-hydrogen) atoms. The molecule has 0 radical (unpaired) electrons. The molecule has 0 amide bonds. The van der Waals surface area contributed by atoms with E-state index >= 15 is 0 Å². The molecule has 1 N–H and O–H groups in total. The zero-order valence-electron chi connectivity index (χ0n) is 10.1. The predicted molar refractivity (Wildman–Crippen MR) is 65.6 cm³/mol. The van der Waals surface area contributed by atoms with E-state index in [1.165, 1.54) is 12.8 Å². The van der Waals surface area contributed by atoms with Gasteiger partial charge in [0.05, 0.1) is 0 Å². The molecule has 1 aromatic rings. The van der Waals surface area contributed by atoms with Crippen LogP contribution in [-0.2, 0) is 0 Å². The highest BCUT2D eigenvalue weighted by Gasteiger charge is 2.23. The highest BCUT2D eigenvalue weighted by molar-refractivity contribution is 5.31. The number of aryl methyl sites for hydroxylation is 1. The van der Waals surface area contributed by atoms with Crippen molar-refractivity contribution in [3.8, 4) is 0 Å². The largest absolute Gasteiger partial charge is 0.341 e. The van der Waals surface area contributed by atoms with Gasteiger partial charge in [-0.05, 0) is 45.3 Å². The molecule has 0 saturated carbocycles. The van der Waals surface area contributed by atoms with Crippen molar-refractivity contribution in [2.75, 3.05) is 31.6 Å². The second kappa shape index (κ2) is 5.25. The van der Waals surface area contributed by atoms with Crippen LogP contribution in [0.25, 0.3) is 0 Å². The van der Waals surface area contributed by atoms with Crippen molar-refractivity contribution in [1.29, 1.82) is 0 Å². The van der Waals surface area contributed by atoms with Crippen LogP contribution in [0.3, 0.4) is 0 Å². The highest BCUT2D eigenvalue weighted by atomic mass is 15.3. The van der Waals surface area contributed by atoms with Gasteiger partial charge in [0.25, 0.3) is 0 Å². The second-order valence-corrected chi connectivity index (χ2v) is 4.49. The van der Waals surface area contributed by atoms with Gasteiger partial charge in [-0.2, -0.15) is 0 Å². The maximum Gasteiger partial charge on any atom is 0.225 e. The van der Waals surface area contributed by atoms with E-state index in [4.69, 9.17) is 0 Å². The van der Waals surface area contributed by atoms with E-state index in [-0.39, 0.29) is 0 Å². The quantitative estimate of drug-likeness (QED) is 0.828. The molecule has 0 aliphatic carbocycles. The summed E-state index contributed by atoms with van der Waals surface area (Å²) in [6.45, 7) is 5.32. The number of anilines is 1. The third-order valence-corrected chi connectivity index (χ3v) is 3.15. The summed E-state index contributed by atoms with van der Waals surface area (Å²) < 4.78 is 0. The Morgan fingerprint density at radius 3 is 3.19 bits per heavy atom. The van der Waals surface area contributed by atoms with Crippen molar-refractivity contribution in [2.45, 2.75) is 19.8 Å². The Morgan fingerprint density at radius 1 is 1.56 bits per heavy atom. The van der Waals surface area contributed by atoms with Gasteiger partial charge in [0.2, 0.25) is 5.95 Å². The van der Waals surface area contributed by atoms with Crippen LogP contribution in [0.4, 0.5) is 5.95 Å². The van der Waals surface area contributed by atoms with Crippen molar-refractivity contribution in [3.63, 3.8) is 0 Å². The maximum absolute atomic E-state index is 4.47. The van der Waals surface area contributed by atoms with Gasteiger partial charge >= 0.3 is 0 Å². The summed E-state index contributed by atoms with van der Waals surface area (Å²) in [4.78, 5) is 11.1. The van der Waals surface area contributed by atoms with Gasteiger partial charge in [-0.3, -0.25) is 0 Å². The summed E-state index contributed by atoms with van der Waals surface area (Å²) in [6.07, 6.45) is 4.36. The normalized spacial score (nSPS) is 20.4. The zero-order chi connectivity index (χ0) is 11.4. The summed E-state index contributed by atoms with van der Waals surface area (Å²) in [7, 11) is 2.01. The molecule has 0 bridgehead atoms. The molecule has 4 nitrogen and oxygen atoms in total. The van der Waals surface area contributed by atoms with Crippen LogP contribution in [-0.4, -0.2) is 36.6 Å². The fraction of sp³-hybridized carbons (Fsp3) is 0.667. The summed E-state index contributed by atoms with van der Waals surface area (Å²) in [5, 5.41) is 3.21. The van der Waals surface area contributed by atoms with Gasteiger partial charge in [0, 0.05) is 25.0 Å². The molecule has 4 heteroatoms. The first-order valence-corrected chi connectivity index (χ1v) is 5.99. The molecular formula is C12H20N4. The van der Waals surface area contributed by atoms with Gasteiger partial charge in [-0.25, -0.2) is 9.97 Å². The van der Waals surface area contributed by atoms with Crippen molar-refractivity contribution >= 4 is 5.95 Å². The zero-order valence-corrected chi connectivity index (χ0v) is 10.1. The lowest BCUT2D eigenvalue weighted by Gasteiger charge is -2.16. The Labute approximate surface area is 97.1 Å². The van der Waals surface area contributed by atoms with E-state index in [1.54, 1.807) is 0 Å². The van der Waals surface area contributed by atoms with Crippen molar-refractivity contribution in [2.24, 2.45) is 5.92 Å². The third-order valence-electron chi connectivity index (χ3n) is 3.15. The first kappa shape index (κ1) is 11.3. The van der Waals surface area contributed by atoms with Crippen molar-refractivity contribution in [3.05, 3.63) is 18.0 Å². The predicted octanol–water partition coefficient (Wildman–Crippen LogP) is 1.22. The first-order chi connectivity index (χ1) is 7.79. The Morgan fingerprint density at radius 2 is 2.44 bits per heavy atom. The van der Waals surface area contributed by atoms with Crippen LogP contribution in [0.2, 0.25) is 0 Å². The molecule has 0 aromatic carbocycles. The molecule has 1 aliphatic heterocycles. The van der Waals surface area contributed by atoms with Gasteiger partial charge in [0.1, 0.15) is 0 Å². The average molecular weight is 220 g/mol. The Bertz CT molecular complexity index is 340. The van der Waals surface area contributed by atoms with Crippen LogP contribution in [0, 0.1) is 12.8 Å². The lowest BCUT2D eigenvalue weighted by Crippen LogP contribution is -2.23. The van der Waals surface area contributed by atoms with Crippen molar-refractivity contribution < 1.29 is 0 Å². The number of nitrogens with zero attached hydrogens (tertiary/aromatic N) is 3. The lowest BCUT2D eigenvalue weighted by molar-refractivity contribution is 0.521. The summed E-state index contributed by atoms with van der Waals surface area (Å²) in [5.74, 6) is 1.68. The minimum Gasteiger partial charge on any atom is -0.341 e. The van der Waals surface area contributed by atoms with Gasteiger partial charge < -0.3 is 10.2 Å². The van der Waals surface area contributed by atoms with E-state index in [2.05, 4.69) is 20.2 Å². The van der Waals surface area contributed by atoms with Crippen LogP contribution in [0.1, 0.15) is 18.5 Å². The summed E-state index contributed by atoms with van der Waals surface area (Å²) >= 11 is 0. The minimum absolute atomic E-state index is 0.788. The fourth-order valence-corrected chi connectivity index (χ4v) is 2.19. The lowest BCUT2D eigenvalue weighted by atomic mass is 10.1. The minimum atomic E-state index is 0.788. The smallest absolute Gasteiger partial charge is 0.225 e. The van der Waals surface area contributed by atoms with Crippen LogP contribution >= 0.6 is 0 Å². The first-order valence-electron chi connectivity index (χ1n) is 5.99. The highest BCUT2D eigenvalue weighted by Crippen LogP contribution is 2.22. The Kier molecular flexibility index (Phi) is 3.72. The molecule has 0 spiro atoms. The van der Waals surface area contributed by atoms with Crippen molar-refractivity contribution in [1.82, 2.24) is 15.3 Å². The molecule has 1 atom stereocenters. The second-order valence-electron chi connectivity index (χ2n) is 4.49. The summed E-state index contributed by atoms with van der Waals surface area (Å²) in [6, 6.07) is 1.94. The molecular weight excluding hydrogens is 200 g/mol. The van der Waals surface area contributed by atoms with Gasteiger partial charge in [-0.1, -0.05) is 0 Å². The van der Waals surface area contributed by atoms with Crippen LogP contribution < -0.4 is 10.2 Å². The number of aromatic nitrogens is 2. The number of rotatable bonds is 4. The SMILES string of the molecule is CNCC[C@H]1CCN(c2nccc(C)n2)C1. The molecule has 1 aliphatic rings. The van der Waals surface area contributed by atoms with E-state index < -0.39 is 0 Å². The molecule has 1 fully saturated rings. The molecule has 88 valence electrons. The third kappa shape index (κ3) is 2.70. The molecule has 1 saturated heterocycles. The fourth-order valence-electron chi connectivity index (χ4n) is 2.19. The number of hydrogen-bond acceptors (Lipinski definition) is 4. The molecule has 2 heterocycles. The molecule has 1 aromatic heterocycles. The van der Waals surface area contributed by atoms with E-state index in [1.807, 2.05) is 26.2 Å². The topological polar surface area (TPSA) is 41.0 Å².